The van der Waals surface area contributed by atoms with Gasteiger partial charge >= 0.3 is 0 Å². The molecule has 0 spiro atoms. The summed E-state index contributed by atoms with van der Waals surface area (Å²) in [4.78, 5) is 0. The predicted octanol–water partition coefficient (Wildman–Crippen LogP) is 1.91. The normalized spacial score (nSPS) is 20.7. The van der Waals surface area contributed by atoms with Crippen LogP contribution in [0.5, 0.6) is 11.5 Å². The van der Waals surface area contributed by atoms with E-state index in [1.165, 1.54) is 12.1 Å². The van der Waals surface area contributed by atoms with Crippen LogP contribution in [0.25, 0.3) is 0 Å². The number of ether oxygens (including phenoxy) is 1. The summed E-state index contributed by atoms with van der Waals surface area (Å²) in [6, 6.07) is 3.81. The first kappa shape index (κ1) is 11.2. The van der Waals surface area contributed by atoms with Crippen LogP contribution in [-0.2, 0) is 0 Å². The number of hydrogen-bond acceptors (Lipinski definition) is 3. The quantitative estimate of drug-likeness (QED) is 0.825. The highest BCUT2D eigenvalue weighted by molar-refractivity contribution is 5.38. The Kier molecular flexibility index (Phi) is 3.62. The Labute approximate surface area is 94.2 Å². The predicted molar refractivity (Wildman–Crippen MR) is 59.2 cm³/mol. The molecule has 1 atom stereocenters. The molecule has 0 aliphatic carbocycles. The molecule has 2 N–H and O–H groups in total. The van der Waals surface area contributed by atoms with Crippen molar-refractivity contribution in [2.24, 2.45) is 5.92 Å². The zero-order valence-corrected chi connectivity index (χ0v) is 9.08. The third-order valence-electron chi connectivity index (χ3n) is 2.79. The summed E-state index contributed by atoms with van der Waals surface area (Å²) in [6.45, 7) is 2.58. The standard InChI is InChI=1S/C12H16FNO2/c13-10-3-4-12(11(15)6-10)16-8-9-2-1-5-14-7-9/h3-4,6,9,14-15H,1-2,5,7-8H2/t9-/m0/s1. The fourth-order valence-electron chi connectivity index (χ4n) is 1.89. The van der Waals surface area contributed by atoms with Crippen LogP contribution < -0.4 is 10.1 Å². The molecule has 2 rings (SSSR count). The number of phenols is 1. The summed E-state index contributed by atoms with van der Waals surface area (Å²) in [7, 11) is 0. The van der Waals surface area contributed by atoms with Crippen molar-refractivity contribution in [1.82, 2.24) is 5.32 Å². The van der Waals surface area contributed by atoms with Crippen molar-refractivity contribution >= 4 is 0 Å². The Morgan fingerprint density at radius 1 is 1.50 bits per heavy atom. The van der Waals surface area contributed by atoms with Crippen LogP contribution in [0.2, 0.25) is 0 Å². The van der Waals surface area contributed by atoms with Gasteiger partial charge in [-0.15, -0.1) is 0 Å². The molecule has 0 saturated carbocycles. The third-order valence-corrected chi connectivity index (χ3v) is 2.79. The minimum Gasteiger partial charge on any atom is -0.504 e. The van der Waals surface area contributed by atoms with Gasteiger partial charge in [0.15, 0.2) is 11.5 Å². The maximum absolute atomic E-state index is 12.7. The Balaban J connectivity index is 1.88. The highest BCUT2D eigenvalue weighted by Crippen LogP contribution is 2.27. The van der Waals surface area contributed by atoms with Gasteiger partial charge in [0.2, 0.25) is 0 Å². The molecule has 3 nitrogen and oxygen atoms in total. The van der Waals surface area contributed by atoms with Gasteiger partial charge in [-0.2, -0.15) is 0 Å². The van der Waals surface area contributed by atoms with Crippen LogP contribution >= 0.6 is 0 Å². The first-order valence-corrected chi connectivity index (χ1v) is 5.58. The van der Waals surface area contributed by atoms with Crippen LogP contribution in [0.15, 0.2) is 18.2 Å². The van der Waals surface area contributed by atoms with E-state index in [0.717, 1.165) is 32.0 Å². The van der Waals surface area contributed by atoms with Crippen molar-refractivity contribution in [1.29, 1.82) is 0 Å². The zero-order chi connectivity index (χ0) is 11.4. The summed E-state index contributed by atoms with van der Waals surface area (Å²) in [6.07, 6.45) is 2.29. The zero-order valence-electron chi connectivity index (χ0n) is 9.08. The average molecular weight is 225 g/mol. The Morgan fingerprint density at radius 3 is 3.06 bits per heavy atom. The molecular formula is C12H16FNO2. The van der Waals surface area contributed by atoms with Crippen LogP contribution in [0, 0.1) is 11.7 Å². The van der Waals surface area contributed by atoms with Crippen molar-refractivity contribution < 1.29 is 14.2 Å². The summed E-state index contributed by atoms with van der Waals surface area (Å²) >= 11 is 0. The van der Waals surface area contributed by atoms with Crippen molar-refractivity contribution in [2.45, 2.75) is 12.8 Å². The van der Waals surface area contributed by atoms with Crippen molar-refractivity contribution in [3.05, 3.63) is 24.0 Å². The summed E-state index contributed by atoms with van der Waals surface area (Å²) in [5, 5.41) is 12.7. The van der Waals surface area contributed by atoms with Crippen molar-refractivity contribution in [3.8, 4) is 11.5 Å². The highest BCUT2D eigenvalue weighted by Gasteiger charge is 2.14. The van der Waals surface area contributed by atoms with Gasteiger partial charge < -0.3 is 15.2 Å². The average Bonchev–Trinajstić information content (AvgIpc) is 2.29. The van der Waals surface area contributed by atoms with E-state index in [0.29, 0.717) is 18.3 Å². The lowest BCUT2D eigenvalue weighted by atomic mass is 10.0. The molecule has 1 aromatic carbocycles. The lowest BCUT2D eigenvalue weighted by Gasteiger charge is -2.22. The molecule has 0 bridgehead atoms. The van der Waals surface area contributed by atoms with E-state index >= 15 is 0 Å². The van der Waals surface area contributed by atoms with E-state index in [1.54, 1.807) is 0 Å². The van der Waals surface area contributed by atoms with E-state index in [9.17, 15) is 9.50 Å². The van der Waals surface area contributed by atoms with Crippen LogP contribution in [0.4, 0.5) is 4.39 Å². The summed E-state index contributed by atoms with van der Waals surface area (Å²) in [5.41, 5.74) is 0. The second-order valence-electron chi connectivity index (χ2n) is 4.14. The second-order valence-corrected chi connectivity index (χ2v) is 4.14. The first-order chi connectivity index (χ1) is 7.75. The van der Waals surface area contributed by atoms with E-state index in [1.807, 2.05) is 0 Å². The molecular weight excluding hydrogens is 209 g/mol. The number of aromatic hydroxyl groups is 1. The number of hydrogen-bond donors (Lipinski definition) is 2. The van der Waals surface area contributed by atoms with Crippen molar-refractivity contribution in [3.63, 3.8) is 0 Å². The summed E-state index contributed by atoms with van der Waals surface area (Å²) < 4.78 is 18.2. The maximum atomic E-state index is 12.7. The Morgan fingerprint density at radius 2 is 2.38 bits per heavy atom. The fraction of sp³-hybridized carbons (Fsp3) is 0.500. The van der Waals surface area contributed by atoms with E-state index in [4.69, 9.17) is 4.74 Å². The van der Waals surface area contributed by atoms with Gasteiger partial charge in [0, 0.05) is 18.5 Å². The lowest BCUT2D eigenvalue weighted by molar-refractivity contribution is 0.212. The number of rotatable bonds is 3. The van der Waals surface area contributed by atoms with Crippen LogP contribution in [0.1, 0.15) is 12.8 Å². The molecule has 88 valence electrons. The smallest absolute Gasteiger partial charge is 0.161 e. The largest absolute Gasteiger partial charge is 0.504 e. The molecule has 0 unspecified atom stereocenters. The number of benzene rings is 1. The van der Waals surface area contributed by atoms with Gasteiger partial charge in [-0.3, -0.25) is 0 Å². The maximum Gasteiger partial charge on any atom is 0.161 e. The third kappa shape index (κ3) is 2.85. The molecule has 0 amide bonds. The molecule has 1 saturated heterocycles. The van der Waals surface area contributed by atoms with E-state index in [2.05, 4.69) is 5.32 Å². The van der Waals surface area contributed by atoms with E-state index in [-0.39, 0.29) is 5.75 Å². The van der Waals surface area contributed by atoms with Gasteiger partial charge in [-0.25, -0.2) is 4.39 Å². The molecule has 1 fully saturated rings. The SMILES string of the molecule is Oc1cc(F)ccc1OC[C@H]1CCCNC1. The fourth-order valence-corrected chi connectivity index (χ4v) is 1.89. The van der Waals surface area contributed by atoms with Crippen molar-refractivity contribution in [2.75, 3.05) is 19.7 Å². The van der Waals surface area contributed by atoms with Gasteiger partial charge in [0.25, 0.3) is 0 Å². The summed E-state index contributed by atoms with van der Waals surface area (Å²) in [5.74, 6) is 0.234. The topological polar surface area (TPSA) is 41.5 Å². The monoisotopic (exact) mass is 225 g/mol. The second kappa shape index (κ2) is 5.16. The molecule has 0 aromatic heterocycles. The van der Waals surface area contributed by atoms with Crippen LogP contribution in [0.3, 0.4) is 0 Å². The molecule has 16 heavy (non-hydrogen) atoms. The first-order valence-electron chi connectivity index (χ1n) is 5.58. The minimum absolute atomic E-state index is 0.135. The number of phenolic OH excluding ortho intramolecular Hbond substituents is 1. The number of piperidine rings is 1. The molecule has 1 aromatic rings. The highest BCUT2D eigenvalue weighted by atomic mass is 19.1. The van der Waals surface area contributed by atoms with E-state index < -0.39 is 5.82 Å². The Hall–Kier alpha value is -1.29. The molecule has 1 aliphatic heterocycles. The number of halogens is 1. The lowest BCUT2D eigenvalue weighted by Crippen LogP contribution is -2.33. The molecule has 4 heteroatoms. The van der Waals surface area contributed by atoms with Gasteiger partial charge in [-0.05, 0) is 31.5 Å². The van der Waals surface area contributed by atoms with Gasteiger partial charge in [0.1, 0.15) is 5.82 Å². The van der Waals surface area contributed by atoms with Crippen LogP contribution in [-0.4, -0.2) is 24.8 Å². The molecule has 1 heterocycles. The van der Waals surface area contributed by atoms with Gasteiger partial charge in [-0.1, -0.05) is 0 Å². The van der Waals surface area contributed by atoms with Gasteiger partial charge in [0.05, 0.1) is 6.61 Å². The minimum atomic E-state index is -0.454. The number of nitrogens with one attached hydrogen (secondary N) is 1. The molecule has 1 aliphatic rings. The Bertz CT molecular complexity index is 351. The molecule has 0 radical (unpaired) electrons.